The van der Waals surface area contributed by atoms with Crippen LogP contribution in [0.1, 0.15) is 19.4 Å². The van der Waals surface area contributed by atoms with Crippen LogP contribution in [0.15, 0.2) is 24.4 Å². The van der Waals surface area contributed by atoms with E-state index < -0.39 is 0 Å². The molecule has 0 amide bonds. The van der Waals surface area contributed by atoms with Gasteiger partial charge >= 0.3 is 0 Å². The summed E-state index contributed by atoms with van der Waals surface area (Å²) in [5.41, 5.74) is 1.90. The molecule has 2 N–H and O–H groups in total. The topological polar surface area (TPSA) is 36.0 Å². The Labute approximate surface area is 93.9 Å². The summed E-state index contributed by atoms with van der Waals surface area (Å²) in [6, 6.07) is 6.04. The standard InChI is InChI=1S/C12H14ClNO/c1-12(2,7-15)8-3-4-9-10(13)6-14-11(9)5-8/h3-6,14-15H,7H2,1-2H3. The highest BCUT2D eigenvalue weighted by atomic mass is 35.5. The van der Waals surface area contributed by atoms with Crippen molar-refractivity contribution in [3.63, 3.8) is 0 Å². The summed E-state index contributed by atoms with van der Waals surface area (Å²) in [4.78, 5) is 3.11. The number of aliphatic hydroxyl groups excluding tert-OH is 1. The molecule has 0 bridgehead atoms. The summed E-state index contributed by atoms with van der Waals surface area (Å²) in [7, 11) is 0. The van der Waals surface area contributed by atoms with E-state index in [9.17, 15) is 5.11 Å². The summed E-state index contributed by atoms with van der Waals surface area (Å²) in [5, 5.41) is 11.0. The van der Waals surface area contributed by atoms with Crippen molar-refractivity contribution in [3.8, 4) is 0 Å². The first-order valence-electron chi connectivity index (χ1n) is 4.92. The first kappa shape index (κ1) is 10.5. The maximum absolute atomic E-state index is 9.29. The fourth-order valence-corrected chi connectivity index (χ4v) is 1.82. The number of aromatic amines is 1. The van der Waals surface area contributed by atoms with E-state index in [1.165, 1.54) is 0 Å². The zero-order valence-electron chi connectivity index (χ0n) is 8.84. The summed E-state index contributed by atoms with van der Waals surface area (Å²) >= 11 is 5.99. The first-order valence-corrected chi connectivity index (χ1v) is 5.30. The van der Waals surface area contributed by atoms with Crippen LogP contribution in [0.2, 0.25) is 5.02 Å². The minimum atomic E-state index is -0.216. The fourth-order valence-electron chi connectivity index (χ4n) is 1.60. The molecule has 0 aliphatic carbocycles. The van der Waals surface area contributed by atoms with Gasteiger partial charge in [-0.1, -0.05) is 37.6 Å². The van der Waals surface area contributed by atoms with Crippen molar-refractivity contribution in [2.75, 3.05) is 6.61 Å². The van der Waals surface area contributed by atoms with Crippen molar-refractivity contribution in [2.45, 2.75) is 19.3 Å². The highest BCUT2D eigenvalue weighted by Crippen LogP contribution is 2.29. The van der Waals surface area contributed by atoms with E-state index in [1.54, 1.807) is 6.20 Å². The van der Waals surface area contributed by atoms with Gasteiger partial charge in [0, 0.05) is 22.5 Å². The molecule has 1 aromatic heterocycles. The molecule has 0 atom stereocenters. The van der Waals surface area contributed by atoms with Crippen LogP contribution in [0, 0.1) is 0 Å². The van der Waals surface area contributed by atoms with Crippen molar-refractivity contribution in [1.29, 1.82) is 0 Å². The Morgan fingerprint density at radius 1 is 1.40 bits per heavy atom. The van der Waals surface area contributed by atoms with Crippen LogP contribution in [0.4, 0.5) is 0 Å². The van der Waals surface area contributed by atoms with Crippen molar-refractivity contribution in [2.24, 2.45) is 0 Å². The van der Waals surface area contributed by atoms with Crippen LogP contribution in [0.25, 0.3) is 10.9 Å². The molecule has 15 heavy (non-hydrogen) atoms. The lowest BCUT2D eigenvalue weighted by molar-refractivity contribution is 0.218. The minimum Gasteiger partial charge on any atom is -0.395 e. The molecule has 2 aromatic rings. The lowest BCUT2D eigenvalue weighted by Gasteiger charge is -2.22. The molecule has 0 spiro atoms. The number of H-pyrrole nitrogens is 1. The normalized spacial score (nSPS) is 12.3. The average Bonchev–Trinajstić information content (AvgIpc) is 2.60. The van der Waals surface area contributed by atoms with E-state index in [4.69, 9.17) is 11.6 Å². The summed E-state index contributed by atoms with van der Waals surface area (Å²) in [5.74, 6) is 0. The number of aromatic nitrogens is 1. The number of fused-ring (bicyclic) bond motifs is 1. The van der Waals surface area contributed by atoms with Crippen molar-refractivity contribution in [1.82, 2.24) is 4.98 Å². The average molecular weight is 224 g/mol. The largest absolute Gasteiger partial charge is 0.395 e. The van der Waals surface area contributed by atoms with Crippen molar-refractivity contribution in [3.05, 3.63) is 35.0 Å². The summed E-state index contributed by atoms with van der Waals surface area (Å²) in [6.45, 7) is 4.16. The van der Waals surface area contributed by atoms with E-state index in [0.717, 1.165) is 21.5 Å². The molecule has 0 saturated carbocycles. The molecule has 0 aliphatic heterocycles. The van der Waals surface area contributed by atoms with Gasteiger partial charge in [0.25, 0.3) is 0 Å². The molecule has 2 rings (SSSR count). The molecule has 3 heteroatoms. The van der Waals surface area contributed by atoms with Crippen LogP contribution in [-0.4, -0.2) is 16.7 Å². The van der Waals surface area contributed by atoms with Gasteiger partial charge in [-0.25, -0.2) is 0 Å². The van der Waals surface area contributed by atoms with Crippen molar-refractivity contribution >= 4 is 22.5 Å². The lowest BCUT2D eigenvalue weighted by atomic mass is 9.85. The Morgan fingerprint density at radius 3 is 2.80 bits per heavy atom. The Hall–Kier alpha value is -0.990. The molecule has 2 nitrogen and oxygen atoms in total. The van der Waals surface area contributed by atoms with Crippen LogP contribution >= 0.6 is 11.6 Å². The van der Waals surface area contributed by atoms with Crippen LogP contribution in [-0.2, 0) is 5.41 Å². The van der Waals surface area contributed by atoms with Crippen LogP contribution in [0.5, 0.6) is 0 Å². The van der Waals surface area contributed by atoms with E-state index >= 15 is 0 Å². The summed E-state index contributed by atoms with van der Waals surface area (Å²) < 4.78 is 0. The molecule has 1 heterocycles. The third-order valence-corrected chi connectivity index (χ3v) is 3.12. The van der Waals surface area contributed by atoms with Gasteiger partial charge in [0.2, 0.25) is 0 Å². The lowest BCUT2D eigenvalue weighted by Crippen LogP contribution is -2.21. The van der Waals surface area contributed by atoms with Gasteiger partial charge in [-0.05, 0) is 11.6 Å². The van der Waals surface area contributed by atoms with E-state index in [1.807, 2.05) is 32.0 Å². The van der Waals surface area contributed by atoms with Crippen LogP contribution < -0.4 is 0 Å². The fraction of sp³-hybridized carbons (Fsp3) is 0.333. The second kappa shape index (κ2) is 3.54. The third kappa shape index (κ3) is 1.75. The number of nitrogens with one attached hydrogen (secondary N) is 1. The van der Waals surface area contributed by atoms with Crippen molar-refractivity contribution < 1.29 is 5.11 Å². The molecule has 0 radical (unpaired) electrons. The summed E-state index contributed by atoms with van der Waals surface area (Å²) in [6.07, 6.45) is 1.78. The van der Waals surface area contributed by atoms with Gasteiger partial charge in [0.15, 0.2) is 0 Å². The molecular weight excluding hydrogens is 210 g/mol. The van der Waals surface area contributed by atoms with Gasteiger partial charge in [-0.3, -0.25) is 0 Å². The number of halogens is 1. The van der Waals surface area contributed by atoms with Gasteiger partial charge in [-0.2, -0.15) is 0 Å². The Balaban J connectivity index is 2.57. The van der Waals surface area contributed by atoms with E-state index in [-0.39, 0.29) is 12.0 Å². The maximum Gasteiger partial charge on any atom is 0.0659 e. The Bertz CT molecular complexity index is 487. The number of hydrogen-bond acceptors (Lipinski definition) is 1. The second-order valence-electron chi connectivity index (χ2n) is 4.44. The molecule has 1 aromatic carbocycles. The number of rotatable bonds is 2. The van der Waals surface area contributed by atoms with Gasteiger partial charge in [0.1, 0.15) is 0 Å². The SMILES string of the molecule is CC(C)(CO)c1ccc2c(Cl)c[nH]c2c1. The smallest absolute Gasteiger partial charge is 0.0659 e. The van der Waals surface area contributed by atoms with Crippen LogP contribution in [0.3, 0.4) is 0 Å². The molecule has 0 aliphatic rings. The maximum atomic E-state index is 9.29. The van der Waals surface area contributed by atoms with Gasteiger partial charge in [0.05, 0.1) is 11.6 Å². The molecule has 0 fully saturated rings. The quantitative estimate of drug-likeness (QED) is 0.807. The van der Waals surface area contributed by atoms with E-state index in [2.05, 4.69) is 4.98 Å². The zero-order valence-corrected chi connectivity index (χ0v) is 9.60. The third-order valence-electron chi connectivity index (χ3n) is 2.81. The highest BCUT2D eigenvalue weighted by molar-refractivity contribution is 6.35. The van der Waals surface area contributed by atoms with E-state index in [0.29, 0.717) is 0 Å². The predicted octanol–water partition coefficient (Wildman–Crippen LogP) is 3.09. The van der Waals surface area contributed by atoms with Gasteiger partial charge in [-0.15, -0.1) is 0 Å². The monoisotopic (exact) mass is 223 g/mol. The zero-order chi connectivity index (χ0) is 11.1. The van der Waals surface area contributed by atoms with Gasteiger partial charge < -0.3 is 10.1 Å². The minimum absolute atomic E-state index is 0.132. The molecule has 0 unspecified atom stereocenters. The number of benzene rings is 1. The molecular formula is C12H14ClNO. The highest BCUT2D eigenvalue weighted by Gasteiger charge is 2.19. The molecule has 80 valence electrons. The number of aliphatic hydroxyl groups is 1. The Kier molecular flexibility index (Phi) is 2.49. The Morgan fingerprint density at radius 2 is 2.13 bits per heavy atom. The predicted molar refractivity (Wildman–Crippen MR) is 63.4 cm³/mol. The molecule has 0 saturated heterocycles. The first-order chi connectivity index (χ1) is 7.04. The second-order valence-corrected chi connectivity index (χ2v) is 4.85. The number of hydrogen-bond donors (Lipinski definition) is 2.